The van der Waals surface area contributed by atoms with Gasteiger partial charge in [0.15, 0.2) is 11.9 Å². The highest BCUT2D eigenvalue weighted by Crippen LogP contribution is 2.29. The highest BCUT2D eigenvalue weighted by Gasteiger charge is 2.25. The minimum atomic E-state index is -1.09. The summed E-state index contributed by atoms with van der Waals surface area (Å²) in [4.78, 5) is 28.6. The highest BCUT2D eigenvalue weighted by atomic mass is 79.9. The van der Waals surface area contributed by atoms with E-state index < -0.39 is 18.0 Å². The van der Waals surface area contributed by atoms with Crippen LogP contribution in [0.25, 0.3) is 11.0 Å². The molecule has 0 saturated carbocycles. The first-order valence-electron chi connectivity index (χ1n) is 7.78. The first kappa shape index (κ1) is 19.7. The molecule has 0 aliphatic rings. The fraction of sp³-hybridized carbons (Fsp3) is 0.167. The van der Waals surface area contributed by atoms with Gasteiger partial charge in [-0.3, -0.25) is 4.79 Å². The summed E-state index contributed by atoms with van der Waals surface area (Å²) in [6, 6.07) is 6.83. The lowest BCUT2D eigenvalue weighted by Crippen LogP contribution is -2.30. The van der Waals surface area contributed by atoms with E-state index in [-0.39, 0.29) is 16.6 Å². The molecule has 0 aliphatic carbocycles. The predicted octanol–water partition coefficient (Wildman–Crippen LogP) is 5.39. The van der Waals surface area contributed by atoms with E-state index in [0.717, 1.165) is 9.86 Å². The van der Waals surface area contributed by atoms with Crippen molar-refractivity contribution in [2.24, 2.45) is 0 Å². The maximum Gasteiger partial charge on any atom is 0.375 e. The molecule has 140 valence electrons. The number of hydrogen-bond acceptors (Lipinski definition) is 5. The van der Waals surface area contributed by atoms with Gasteiger partial charge in [-0.1, -0.05) is 39.1 Å². The molecular weight excluding hydrogens is 459 g/mol. The van der Waals surface area contributed by atoms with E-state index in [0.29, 0.717) is 16.2 Å². The third-order valence-corrected chi connectivity index (χ3v) is 4.77. The zero-order chi connectivity index (χ0) is 19.7. The van der Waals surface area contributed by atoms with Crippen LogP contribution in [0, 0.1) is 6.92 Å². The molecule has 0 saturated heterocycles. The summed E-state index contributed by atoms with van der Waals surface area (Å²) in [6.07, 6.45) is 0.251. The third kappa shape index (κ3) is 4.26. The van der Waals surface area contributed by atoms with Crippen LogP contribution in [0.15, 0.2) is 39.4 Å². The largest absolute Gasteiger partial charge is 0.449 e. The summed E-state index contributed by atoms with van der Waals surface area (Å²) < 4.78 is 11.7. The number of aromatic nitrogens is 1. The number of amides is 1. The van der Waals surface area contributed by atoms with Crippen LogP contribution in [-0.2, 0) is 9.53 Å². The van der Waals surface area contributed by atoms with E-state index in [1.807, 2.05) is 6.07 Å². The van der Waals surface area contributed by atoms with E-state index >= 15 is 0 Å². The van der Waals surface area contributed by atoms with Crippen LogP contribution < -0.4 is 5.32 Å². The van der Waals surface area contributed by atoms with Crippen molar-refractivity contribution in [3.05, 3.63) is 56.3 Å². The van der Waals surface area contributed by atoms with Crippen LogP contribution in [0.5, 0.6) is 0 Å². The number of anilines is 1. The number of nitrogens with one attached hydrogen (secondary N) is 1. The summed E-state index contributed by atoms with van der Waals surface area (Å²) in [5.74, 6) is -1.15. The summed E-state index contributed by atoms with van der Waals surface area (Å²) in [5.41, 5.74) is 1.18. The Labute approximate surface area is 172 Å². The second kappa shape index (κ2) is 7.88. The Hall–Kier alpha value is -2.09. The van der Waals surface area contributed by atoms with Gasteiger partial charge in [0.05, 0.1) is 10.0 Å². The highest BCUT2D eigenvalue weighted by molar-refractivity contribution is 9.10. The van der Waals surface area contributed by atoms with Crippen molar-refractivity contribution in [2.75, 3.05) is 5.32 Å². The van der Waals surface area contributed by atoms with Gasteiger partial charge in [-0.05, 0) is 38.1 Å². The zero-order valence-corrected chi connectivity index (χ0v) is 17.3. The molecule has 6 nitrogen and oxygen atoms in total. The van der Waals surface area contributed by atoms with E-state index in [2.05, 4.69) is 26.2 Å². The quantitative estimate of drug-likeness (QED) is 0.516. The van der Waals surface area contributed by atoms with Gasteiger partial charge in [-0.15, -0.1) is 0 Å². The zero-order valence-electron chi connectivity index (χ0n) is 14.2. The van der Waals surface area contributed by atoms with Crippen LogP contribution in [0.3, 0.4) is 0 Å². The average Bonchev–Trinajstić information content (AvgIpc) is 2.93. The van der Waals surface area contributed by atoms with Crippen molar-refractivity contribution in [1.82, 2.24) is 4.98 Å². The number of hydrogen-bond donors (Lipinski definition) is 1. The molecule has 2 aromatic heterocycles. The van der Waals surface area contributed by atoms with E-state index in [4.69, 9.17) is 32.4 Å². The number of halogens is 3. The number of pyridine rings is 1. The lowest BCUT2D eigenvalue weighted by atomic mass is 10.1. The summed E-state index contributed by atoms with van der Waals surface area (Å²) in [5, 5.41) is 3.78. The molecule has 3 aromatic rings. The third-order valence-electron chi connectivity index (χ3n) is 3.79. The Balaban J connectivity index is 1.73. The maximum atomic E-state index is 12.4. The molecule has 1 N–H and O–H groups in total. The van der Waals surface area contributed by atoms with Gasteiger partial charge in [-0.25, -0.2) is 9.78 Å². The Kier molecular flexibility index (Phi) is 5.74. The monoisotopic (exact) mass is 470 g/mol. The summed E-state index contributed by atoms with van der Waals surface area (Å²) in [7, 11) is 0. The van der Waals surface area contributed by atoms with Crippen molar-refractivity contribution in [2.45, 2.75) is 20.0 Å². The molecule has 9 heteroatoms. The lowest BCUT2D eigenvalue weighted by Gasteiger charge is -2.13. The van der Waals surface area contributed by atoms with Crippen LogP contribution >= 0.6 is 39.1 Å². The number of carbonyl (C=O) groups is 2. The van der Waals surface area contributed by atoms with Crippen molar-refractivity contribution < 1.29 is 18.7 Å². The molecule has 1 amide bonds. The number of nitrogens with zero attached hydrogens (tertiary/aromatic N) is 1. The molecule has 0 aliphatic heterocycles. The molecule has 1 aromatic carbocycles. The number of esters is 1. The molecule has 2 heterocycles. The molecule has 0 bridgehead atoms. The normalized spacial score (nSPS) is 12.0. The first-order valence-corrected chi connectivity index (χ1v) is 9.32. The SMILES string of the molecule is Cc1c(C(=O)OC(C)C(=O)Nc2ncc(Cl)cc2Cl)oc2ccc(Br)cc12. The van der Waals surface area contributed by atoms with Crippen LogP contribution in [-0.4, -0.2) is 23.0 Å². The molecule has 0 radical (unpaired) electrons. The van der Waals surface area contributed by atoms with Gasteiger partial charge in [0, 0.05) is 21.6 Å². The van der Waals surface area contributed by atoms with Gasteiger partial charge >= 0.3 is 5.97 Å². The Morgan fingerprint density at radius 2 is 2.04 bits per heavy atom. The Morgan fingerprint density at radius 1 is 1.30 bits per heavy atom. The molecule has 1 atom stereocenters. The predicted molar refractivity (Wildman–Crippen MR) is 106 cm³/mol. The first-order chi connectivity index (χ1) is 12.8. The van der Waals surface area contributed by atoms with Gasteiger partial charge in [0.1, 0.15) is 5.58 Å². The van der Waals surface area contributed by atoms with Gasteiger partial charge in [-0.2, -0.15) is 0 Å². The topological polar surface area (TPSA) is 81.4 Å². The smallest absolute Gasteiger partial charge is 0.375 e. The second-order valence-corrected chi connectivity index (χ2v) is 7.48. The Bertz CT molecular complexity index is 1050. The number of fused-ring (bicyclic) bond motifs is 1. The van der Waals surface area contributed by atoms with Gasteiger partial charge < -0.3 is 14.5 Å². The Morgan fingerprint density at radius 3 is 2.74 bits per heavy atom. The fourth-order valence-corrected chi connectivity index (χ4v) is 3.17. The van der Waals surface area contributed by atoms with Crippen molar-refractivity contribution in [3.8, 4) is 0 Å². The maximum absolute atomic E-state index is 12.4. The average molecular weight is 472 g/mol. The van der Waals surface area contributed by atoms with Gasteiger partial charge in [0.2, 0.25) is 5.76 Å². The van der Waals surface area contributed by atoms with E-state index in [1.54, 1.807) is 19.1 Å². The van der Waals surface area contributed by atoms with Gasteiger partial charge in [0.25, 0.3) is 5.91 Å². The van der Waals surface area contributed by atoms with Crippen LogP contribution in [0.4, 0.5) is 5.82 Å². The number of rotatable bonds is 4. The number of benzene rings is 1. The van der Waals surface area contributed by atoms with Crippen LogP contribution in [0.2, 0.25) is 10.0 Å². The minimum Gasteiger partial charge on any atom is -0.449 e. The van der Waals surface area contributed by atoms with Crippen molar-refractivity contribution >= 4 is 67.8 Å². The fourth-order valence-electron chi connectivity index (χ4n) is 2.38. The molecule has 0 spiro atoms. The summed E-state index contributed by atoms with van der Waals surface area (Å²) >= 11 is 15.1. The van der Waals surface area contributed by atoms with E-state index in [1.165, 1.54) is 19.2 Å². The minimum absolute atomic E-state index is 0.0467. The van der Waals surface area contributed by atoms with E-state index in [9.17, 15) is 9.59 Å². The lowest BCUT2D eigenvalue weighted by molar-refractivity contribution is -0.123. The second-order valence-electron chi connectivity index (χ2n) is 5.72. The molecule has 3 rings (SSSR count). The van der Waals surface area contributed by atoms with Crippen molar-refractivity contribution in [1.29, 1.82) is 0 Å². The number of ether oxygens (including phenoxy) is 1. The number of aryl methyl sites for hydroxylation is 1. The molecular formula is C18H13BrCl2N2O4. The molecule has 0 fully saturated rings. The van der Waals surface area contributed by atoms with Crippen LogP contribution in [0.1, 0.15) is 23.0 Å². The number of furan rings is 1. The van der Waals surface area contributed by atoms with Crippen molar-refractivity contribution in [3.63, 3.8) is 0 Å². The standard InChI is InChI=1S/C18H13BrCl2N2O4/c1-8-12-5-10(19)3-4-14(12)27-15(8)18(25)26-9(2)17(24)23-16-13(21)6-11(20)7-22-16/h3-7,9H,1-2H3,(H,22,23,24). The summed E-state index contributed by atoms with van der Waals surface area (Å²) in [6.45, 7) is 3.18. The number of carbonyl (C=O) groups excluding carboxylic acids is 2. The molecule has 1 unspecified atom stereocenters. The molecule has 27 heavy (non-hydrogen) atoms.